The van der Waals surface area contributed by atoms with E-state index in [9.17, 15) is 15.2 Å². The highest BCUT2D eigenvalue weighted by atomic mass is 16.6. The minimum Gasteiger partial charge on any atom is -0.505 e. The maximum Gasteiger partial charge on any atom is 0.273 e. The van der Waals surface area contributed by atoms with Crippen LogP contribution in [0, 0.1) is 17.0 Å². The average molecular weight is 360 g/mol. The van der Waals surface area contributed by atoms with E-state index in [2.05, 4.69) is 10.2 Å². The Balaban J connectivity index is 2.22. The highest BCUT2D eigenvalue weighted by Gasteiger charge is 2.10. The van der Waals surface area contributed by atoms with Gasteiger partial charge in [0.15, 0.2) is 0 Å². The van der Waals surface area contributed by atoms with Gasteiger partial charge in [-0.2, -0.15) is 5.11 Å². The van der Waals surface area contributed by atoms with E-state index in [1.165, 1.54) is 12.1 Å². The number of non-ortho nitro benzene ring substituents is 1. The number of aromatic hydroxyl groups is 1. The molecule has 0 saturated heterocycles. The lowest BCUT2D eigenvalue weighted by atomic mass is 10.1. The van der Waals surface area contributed by atoms with Gasteiger partial charge in [-0.1, -0.05) is 0 Å². The van der Waals surface area contributed by atoms with Gasteiger partial charge in [-0.3, -0.25) is 10.1 Å². The number of hydrogen-bond donors (Lipinski definition) is 3. The first-order valence-electron chi connectivity index (χ1n) is 7.92. The van der Waals surface area contributed by atoms with Crippen molar-refractivity contribution in [1.29, 1.82) is 0 Å². The van der Waals surface area contributed by atoms with Crippen molar-refractivity contribution in [2.45, 2.75) is 6.92 Å². The summed E-state index contributed by atoms with van der Waals surface area (Å²) in [5, 5.41) is 46.7. The van der Waals surface area contributed by atoms with Crippen molar-refractivity contribution in [2.75, 3.05) is 31.2 Å². The predicted molar refractivity (Wildman–Crippen MR) is 96.5 cm³/mol. The van der Waals surface area contributed by atoms with E-state index in [1.807, 2.05) is 17.9 Å². The Morgan fingerprint density at radius 3 is 2.19 bits per heavy atom. The van der Waals surface area contributed by atoms with Crippen molar-refractivity contribution in [2.24, 2.45) is 10.2 Å². The molecule has 0 saturated carbocycles. The predicted octanol–water partition coefficient (Wildman–Crippen LogP) is 2.82. The maximum absolute atomic E-state index is 10.7. The molecule has 2 aromatic carbocycles. The van der Waals surface area contributed by atoms with E-state index in [0.717, 1.165) is 17.3 Å². The fourth-order valence-corrected chi connectivity index (χ4v) is 2.38. The van der Waals surface area contributed by atoms with Gasteiger partial charge in [0, 0.05) is 24.8 Å². The Morgan fingerprint density at radius 1 is 1.04 bits per heavy atom. The number of phenolic OH excluding ortho intramolecular Hbond substituents is 1. The number of phenols is 1. The van der Waals surface area contributed by atoms with Crippen molar-refractivity contribution < 1.29 is 20.2 Å². The van der Waals surface area contributed by atoms with Crippen LogP contribution in [0.5, 0.6) is 5.75 Å². The van der Waals surface area contributed by atoms with Crippen LogP contribution in [0.25, 0.3) is 0 Å². The molecule has 0 aliphatic heterocycles. The summed E-state index contributed by atoms with van der Waals surface area (Å²) in [6, 6.07) is 8.97. The largest absolute Gasteiger partial charge is 0.505 e. The van der Waals surface area contributed by atoms with Crippen LogP contribution in [0.3, 0.4) is 0 Å². The third-order valence-electron chi connectivity index (χ3n) is 3.72. The molecule has 0 aromatic heterocycles. The second kappa shape index (κ2) is 8.88. The van der Waals surface area contributed by atoms with Crippen LogP contribution < -0.4 is 4.90 Å². The molecule has 0 heterocycles. The number of aliphatic hydroxyl groups excluding tert-OH is 2. The molecule has 0 atom stereocenters. The monoisotopic (exact) mass is 360 g/mol. The zero-order chi connectivity index (χ0) is 19.1. The van der Waals surface area contributed by atoms with Gasteiger partial charge in [0.2, 0.25) is 0 Å². The summed E-state index contributed by atoms with van der Waals surface area (Å²) in [5.74, 6) is -0.325. The Labute approximate surface area is 150 Å². The van der Waals surface area contributed by atoms with Crippen molar-refractivity contribution in [3.63, 3.8) is 0 Å². The third kappa shape index (κ3) is 4.74. The van der Waals surface area contributed by atoms with Crippen LogP contribution in [0.15, 0.2) is 46.6 Å². The molecule has 0 radical (unpaired) electrons. The topological polar surface area (TPSA) is 132 Å². The van der Waals surface area contributed by atoms with E-state index >= 15 is 0 Å². The third-order valence-corrected chi connectivity index (χ3v) is 3.72. The number of nitro benzene ring substituents is 1. The first-order valence-corrected chi connectivity index (χ1v) is 7.92. The molecule has 0 bridgehead atoms. The normalized spacial score (nSPS) is 11.0. The van der Waals surface area contributed by atoms with Crippen LogP contribution in [0.2, 0.25) is 0 Å². The lowest BCUT2D eigenvalue weighted by Gasteiger charge is -2.23. The lowest BCUT2D eigenvalue weighted by molar-refractivity contribution is -0.384. The number of hydrogen-bond acceptors (Lipinski definition) is 8. The summed E-state index contributed by atoms with van der Waals surface area (Å²) in [7, 11) is 0. The minimum absolute atomic E-state index is 0.0278. The van der Waals surface area contributed by atoms with Crippen LogP contribution in [0.1, 0.15) is 5.56 Å². The van der Waals surface area contributed by atoms with Crippen molar-refractivity contribution in [3.05, 3.63) is 52.1 Å². The minimum atomic E-state index is -0.603. The van der Waals surface area contributed by atoms with Crippen molar-refractivity contribution in [3.8, 4) is 5.75 Å². The number of benzene rings is 2. The fraction of sp³-hybridized carbons (Fsp3) is 0.294. The number of aliphatic hydroxyl groups is 2. The molecule has 9 nitrogen and oxygen atoms in total. The Kier molecular flexibility index (Phi) is 6.59. The zero-order valence-corrected chi connectivity index (χ0v) is 14.2. The van der Waals surface area contributed by atoms with Crippen LogP contribution in [-0.2, 0) is 0 Å². The van der Waals surface area contributed by atoms with E-state index < -0.39 is 4.92 Å². The number of nitrogens with zero attached hydrogens (tertiary/aromatic N) is 4. The Hall–Kier alpha value is -3.04. The van der Waals surface area contributed by atoms with E-state index in [0.29, 0.717) is 18.8 Å². The molecule has 2 rings (SSSR count). The van der Waals surface area contributed by atoms with Gasteiger partial charge < -0.3 is 20.2 Å². The summed E-state index contributed by atoms with van der Waals surface area (Å²) < 4.78 is 0. The number of rotatable bonds is 8. The standard InChI is InChI=1S/C17H20N4O5/c1-12-10-13(20(6-8-22)7-9-23)2-4-15(12)18-19-16-5-3-14(21(25)26)11-17(16)24/h2-5,10-11,22-24H,6-9H2,1H3/b19-18+. The molecular formula is C17H20N4O5. The smallest absolute Gasteiger partial charge is 0.273 e. The average Bonchev–Trinajstić information content (AvgIpc) is 2.61. The summed E-state index contributed by atoms with van der Waals surface area (Å²) in [4.78, 5) is 11.9. The lowest BCUT2D eigenvalue weighted by Crippen LogP contribution is -2.29. The van der Waals surface area contributed by atoms with E-state index in [1.54, 1.807) is 12.1 Å². The van der Waals surface area contributed by atoms with Gasteiger partial charge in [0.05, 0.1) is 29.9 Å². The van der Waals surface area contributed by atoms with Crippen LogP contribution >= 0.6 is 0 Å². The first-order chi connectivity index (χ1) is 12.5. The molecule has 9 heteroatoms. The zero-order valence-electron chi connectivity index (χ0n) is 14.2. The second-order valence-corrected chi connectivity index (χ2v) is 5.54. The van der Waals surface area contributed by atoms with Gasteiger partial charge >= 0.3 is 0 Å². The number of nitro groups is 1. The molecule has 0 unspecified atom stereocenters. The molecule has 0 aliphatic carbocycles. The summed E-state index contributed by atoms with van der Waals surface area (Å²) >= 11 is 0. The Bertz CT molecular complexity index is 804. The highest BCUT2D eigenvalue weighted by Crippen LogP contribution is 2.32. The summed E-state index contributed by atoms with van der Waals surface area (Å²) in [6.07, 6.45) is 0. The molecule has 0 spiro atoms. The second-order valence-electron chi connectivity index (χ2n) is 5.54. The van der Waals surface area contributed by atoms with Crippen LogP contribution in [-0.4, -0.2) is 46.5 Å². The molecule has 0 aliphatic rings. The van der Waals surface area contributed by atoms with Gasteiger partial charge in [-0.15, -0.1) is 5.11 Å². The molecule has 26 heavy (non-hydrogen) atoms. The number of anilines is 1. The molecule has 0 fully saturated rings. The van der Waals surface area contributed by atoms with E-state index in [4.69, 9.17) is 10.2 Å². The number of aryl methyl sites for hydroxylation is 1. The van der Waals surface area contributed by atoms with E-state index in [-0.39, 0.29) is 30.3 Å². The van der Waals surface area contributed by atoms with Gasteiger partial charge in [-0.05, 0) is 36.8 Å². The SMILES string of the molecule is Cc1cc(N(CCO)CCO)ccc1/N=N/c1ccc([N+](=O)[O-])cc1O. The fourth-order valence-electron chi connectivity index (χ4n) is 2.38. The van der Waals surface area contributed by atoms with Gasteiger partial charge in [-0.25, -0.2) is 0 Å². The van der Waals surface area contributed by atoms with Gasteiger partial charge in [0.25, 0.3) is 5.69 Å². The highest BCUT2D eigenvalue weighted by molar-refractivity contribution is 5.59. The molecule has 0 amide bonds. The maximum atomic E-state index is 10.7. The van der Waals surface area contributed by atoms with Crippen molar-refractivity contribution >= 4 is 22.7 Å². The summed E-state index contributed by atoms with van der Waals surface area (Å²) in [6.45, 7) is 2.58. The quantitative estimate of drug-likeness (QED) is 0.377. The molecule has 3 N–H and O–H groups in total. The molecule has 138 valence electrons. The summed E-state index contributed by atoms with van der Waals surface area (Å²) in [5.41, 5.74) is 2.12. The van der Waals surface area contributed by atoms with Crippen molar-refractivity contribution in [1.82, 2.24) is 0 Å². The van der Waals surface area contributed by atoms with Gasteiger partial charge in [0.1, 0.15) is 11.4 Å². The molecular weight excluding hydrogens is 340 g/mol. The first kappa shape index (κ1) is 19.3. The molecule has 2 aromatic rings. The number of azo groups is 1. The Morgan fingerprint density at radius 2 is 1.65 bits per heavy atom. The van der Waals surface area contributed by atoms with Crippen LogP contribution in [0.4, 0.5) is 22.7 Å².